The Morgan fingerprint density at radius 3 is 2.61 bits per heavy atom. The Bertz CT molecular complexity index is 1250. The van der Waals surface area contributed by atoms with Gasteiger partial charge in [0, 0.05) is 43.9 Å². The number of aromatic nitrogens is 4. The maximum Gasteiger partial charge on any atom is 0.419 e. The summed E-state index contributed by atoms with van der Waals surface area (Å²) in [5.41, 5.74) is 4.76. The zero-order valence-electron chi connectivity index (χ0n) is 19.4. The topological polar surface area (TPSA) is 122 Å². The third-order valence-electron chi connectivity index (χ3n) is 6.21. The number of nitrogens with one attached hydrogen (secondary N) is 1. The number of carbonyl (C=O) groups is 1. The predicted molar refractivity (Wildman–Crippen MR) is 124 cm³/mol. The molecule has 36 heavy (non-hydrogen) atoms. The van der Waals surface area contributed by atoms with Crippen LogP contribution in [-0.4, -0.2) is 57.3 Å². The maximum atomic E-state index is 13.8. The third kappa shape index (κ3) is 5.10. The highest BCUT2D eigenvalue weighted by Crippen LogP contribution is 2.36. The molecule has 0 aliphatic carbocycles. The van der Waals surface area contributed by atoms with Gasteiger partial charge in [0.2, 0.25) is 0 Å². The lowest BCUT2D eigenvalue weighted by Crippen LogP contribution is -2.35. The molecule has 0 spiro atoms. The fourth-order valence-corrected chi connectivity index (χ4v) is 4.39. The van der Waals surface area contributed by atoms with Crippen molar-refractivity contribution in [1.82, 2.24) is 24.8 Å². The molecule has 1 aromatic carbocycles. The van der Waals surface area contributed by atoms with Crippen LogP contribution in [0.4, 0.5) is 29.2 Å². The molecule has 3 aromatic rings. The molecule has 0 atom stereocenters. The van der Waals surface area contributed by atoms with Crippen molar-refractivity contribution in [2.45, 2.75) is 31.5 Å². The minimum absolute atomic E-state index is 0.0261. The molecule has 0 amide bonds. The van der Waals surface area contributed by atoms with Crippen LogP contribution >= 0.6 is 0 Å². The lowest BCUT2D eigenvalue weighted by atomic mass is 9.95. The molecule has 4 N–H and O–H groups in total. The molecule has 1 saturated heterocycles. The van der Waals surface area contributed by atoms with E-state index in [1.54, 1.807) is 13.2 Å². The molecule has 9 nitrogen and oxygen atoms in total. The van der Waals surface area contributed by atoms with Crippen LogP contribution in [0.25, 0.3) is 11.3 Å². The number of nitrogens with two attached hydrogens (primary N) is 1. The summed E-state index contributed by atoms with van der Waals surface area (Å²) in [4.78, 5) is 26.0. The molecule has 2 aromatic heterocycles. The fourth-order valence-electron chi connectivity index (χ4n) is 4.39. The maximum absolute atomic E-state index is 13.8. The molecule has 192 valence electrons. The summed E-state index contributed by atoms with van der Waals surface area (Å²) in [7, 11) is 1.79. The first kappa shape index (κ1) is 25.4. The molecule has 1 aliphatic heterocycles. The highest BCUT2D eigenvalue weighted by molar-refractivity contribution is 5.98. The van der Waals surface area contributed by atoms with E-state index < -0.39 is 23.5 Å². The number of piperidine rings is 1. The molecule has 4 rings (SSSR count). The van der Waals surface area contributed by atoms with E-state index in [1.807, 2.05) is 9.47 Å². The predicted octanol–water partition coefficient (Wildman–Crippen LogP) is 3.38. The number of carboxylic acids is 1. The van der Waals surface area contributed by atoms with E-state index in [0.29, 0.717) is 50.5 Å². The van der Waals surface area contributed by atoms with Crippen molar-refractivity contribution in [2.75, 3.05) is 37.3 Å². The molecule has 1 fully saturated rings. The van der Waals surface area contributed by atoms with Gasteiger partial charge < -0.3 is 25.6 Å². The average molecular weight is 507 g/mol. The number of carboxylic acid groups (broad SMARTS) is 1. The first-order valence-corrected chi connectivity index (χ1v) is 11.3. The van der Waals surface area contributed by atoms with Crippen molar-refractivity contribution in [3.8, 4) is 11.3 Å². The lowest BCUT2D eigenvalue weighted by molar-refractivity contribution is -0.139. The van der Waals surface area contributed by atoms with Gasteiger partial charge in [0.15, 0.2) is 0 Å². The van der Waals surface area contributed by atoms with Gasteiger partial charge >= 0.3 is 12.1 Å². The summed E-state index contributed by atoms with van der Waals surface area (Å²) in [6.07, 6.45) is -0.700. The number of rotatable bonds is 7. The number of nitrogens with zero attached hydrogens (tertiary/aromatic N) is 5. The number of alkyl halides is 3. The van der Waals surface area contributed by atoms with Crippen molar-refractivity contribution in [3.63, 3.8) is 0 Å². The van der Waals surface area contributed by atoms with Gasteiger partial charge in [0.25, 0.3) is 0 Å². The number of halogens is 4. The summed E-state index contributed by atoms with van der Waals surface area (Å²) in [5, 5.41) is 12.6. The lowest BCUT2D eigenvalue weighted by Gasteiger charge is -2.33. The Kier molecular flexibility index (Phi) is 7.11. The summed E-state index contributed by atoms with van der Waals surface area (Å²) in [6, 6.07) is 2.87. The van der Waals surface area contributed by atoms with Gasteiger partial charge in [-0.05, 0) is 38.1 Å². The highest BCUT2D eigenvalue weighted by atomic mass is 19.4. The van der Waals surface area contributed by atoms with Crippen LogP contribution in [-0.2, 0) is 12.7 Å². The SMILES string of the molecule is CNCCn1cc(-c2ccc(F)c(C(F)(F)F)c2)nc1C1CCN(c2ncnc(N)c2C(=O)O)CC1. The second kappa shape index (κ2) is 10.1. The monoisotopic (exact) mass is 507 g/mol. The average Bonchev–Trinajstić information content (AvgIpc) is 3.26. The Labute approximate surface area is 204 Å². The van der Waals surface area contributed by atoms with Crippen LogP contribution in [0, 0.1) is 5.82 Å². The van der Waals surface area contributed by atoms with Gasteiger partial charge in [-0.25, -0.2) is 24.1 Å². The van der Waals surface area contributed by atoms with Crippen LogP contribution in [0.1, 0.15) is 40.5 Å². The van der Waals surface area contributed by atoms with Crippen molar-refractivity contribution >= 4 is 17.6 Å². The molecule has 0 unspecified atom stereocenters. The number of hydrogen-bond acceptors (Lipinski definition) is 7. The van der Waals surface area contributed by atoms with E-state index >= 15 is 0 Å². The van der Waals surface area contributed by atoms with Gasteiger partial charge in [-0.3, -0.25) is 0 Å². The normalized spacial score (nSPS) is 14.9. The minimum atomic E-state index is -4.82. The first-order chi connectivity index (χ1) is 17.1. The van der Waals surface area contributed by atoms with E-state index in [4.69, 9.17) is 5.73 Å². The number of likely N-dealkylation sites (N-methyl/N-ethyl adjacent to an activating group) is 1. The van der Waals surface area contributed by atoms with Crippen LogP contribution in [0.15, 0.2) is 30.7 Å². The number of benzene rings is 1. The van der Waals surface area contributed by atoms with Crippen LogP contribution < -0.4 is 16.0 Å². The summed E-state index contributed by atoms with van der Waals surface area (Å²) < 4.78 is 55.4. The van der Waals surface area contributed by atoms with Crippen LogP contribution in [0.5, 0.6) is 0 Å². The molecule has 1 aliphatic rings. The number of anilines is 2. The zero-order chi connectivity index (χ0) is 26.0. The summed E-state index contributed by atoms with van der Waals surface area (Å²) in [6.45, 7) is 2.10. The Morgan fingerprint density at radius 1 is 1.25 bits per heavy atom. The largest absolute Gasteiger partial charge is 0.477 e. The van der Waals surface area contributed by atoms with E-state index in [0.717, 1.165) is 12.1 Å². The van der Waals surface area contributed by atoms with Crippen molar-refractivity contribution < 1.29 is 27.5 Å². The second-order valence-corrected chi connectivity index (χ2v) is 8.50. The molecule has 13 heteroatoms. The molecule has 0 bridgehead atoms. The number of nitrogen functional groups attached to an aromatic ring is 1. The van der Waals surface area contributed by atoms with E-state index in [2.05, 4.69) is 20.3 Å². The standard InChI is InChI=1S/C23H25F4N7O2/c1-29-6-9-34-11-17(14-2-3-16(24)15(10-14)23(25,26)27)32-20(34)13-4-7-33(8-5-13)21-18(22(35)36)19(28)30-12-31-21/h2-3,10-13,29H,4-9H2,1H3,(H,35,36)(H2,28,30,31). The number of hydrogen-bond donors (Lipinski definition) is 3. The second-order valence-electron chi connectivity index (χ2n) is 8.50. The third-order valence-corrected chi connectivity index (χ3v) is 6.21. The van der Waals surface area contributed by atoms with Crippen LogP contribution in [0.2, 0.25) is 0 Å². The smallest absolute Gasteiger partial charge is 0.419 e. The zero-order valence-corrected chi connectivity index (χ0v) is 19.4. The van der Waals surface area contributed by atoms with Gasteiger partial charge in [-0.1, -0.05) is 0 Å². The van der Waals surface area contributed by atoms with E-state index in [1.165, 1.54) is 12.4 Å². The van der Waals surface area contributed by atoms with Crippen molar-refractivity contribution in [3.05, 3.63) is 53.5 Å². The molecule has 0 saturated carbocycles. The summed E-state index contributed by atoms with van der Waals surface area (Å²) in [5.74, 6) is -1.73. The fraction of sp³-hybridized carbons (Fsp3) is 0.391. The number of aromatic carboxylic acids is 1. The van der Waals surface area contributed by atoms with E-state index in [-0.39, 0.29) is 28.7 Å². The van der Waals surface area contributed by atoms with E-state index in [9.17, 15) is 27.5 Å². The number of imidazole rings is 1. The molecular weight excluding hydrogens is 482 g/mol. The Hall–Kier alpha value is -3.74. The van der Waals surface area contributed by atoms with Gasteiger partial charge in [-0.15, -0.1) is 0 Å². The van der Waals surface area contributed by atoms with Gasteiger partial charge in [0.05, 0.1) is 11.3 Å². The van der Waals surface area contributed by atoms with Crippen molar-refractivity contribution in [2.24, 2.45) is 0 Å². The molecular formula is C23H25F4N7O2. The molecule has 0 radical (unpaired) electrons. The van der Waals surface area contributed by atoms with Crippen LogP contribution in [0.3, 0.4) is 0 Å². The first-order valence-electron chi connectivity index (χ1n) is 11.3. The quantitative estimate of drug-likeness (QED) is 0.416. The Balaban J connectivity index is 1.61. The summed E-state index contributed by atoms with van der Waals surface area (Å²) >= 11 is 0. The highest BCUT2D eigenvalue weighted by Gasteiger charge is 2.35. The van der Waals surface area contributed by atoms with Gasteiger partial charge in [-0.2, -0.15) is 13.2 Å². The van der Waals surface area contributed by atoms with Crippen molar-refractivity contribution in [1.29, 1.82) is 0 Å². The Morgan fingerprint density at radius 2 is 1.97 bits per heavy atom. The van der Waals surface area contributed by atoms with Gasteiger partial charge in [0.1, 0.15) is 35.2 Å². The minimum Gasteiger partial charge on any atom is -0.477 e. The molecule has 3 heterocycles.